The lowest BCUT2D eigenvalue weighted by Gasteiger charge is -2.19. The first-order valence-corrected chi connectivity index (χ1v) is 7.61. The highest BCUT2D eigenvalue weighted by Crippen LogP contribution is 2.39. The van der Waals surface area contributed by atoms with Crippen LogP contribution in [0.1, 0.15) is 15.9 Å². The summed E-state index contributed by atoms with van der Waals surface area (Å²) in [6.45, 7) is 0. The molecule has 0 aromatic heterocycles. The highest BCUT2D eigenvalue weighted by atomic mass is 32.2. The van der Waals surface area contributed by atoms with Gasteiger partial charge in [-0.3, -0.25) is 4.79 Å². The molecule has 1 aliphatic heterocycles. The molecular weight excluding hydrogens is 314 g/mol. The lowest BCUT2D eigenvalue weighted by Crippen LogP contribution is -2.17. The molecule has 2 N–H and O–H groups in total. The van der Waals surface area contributed by atoms with Crippen LogP contribution in [-0.2, 0) is 4.79 Å². The van der Waals surface area contributed by atoms with Gasteiger partial charge >= 0.3 is 5.97 Å². The molecule has 116 valence electrons. The first kappa shape index (κ1) is 15.2. The number of hydrogen-bond acceptors (Lipinski definition) is 4. The standard InChI is InChI=1S/C17H13NO4S/c1-22-12-4-2-3-10(7-12)8-15-16(19)18-13-9-11(17(20)21)5-6-14(13)23-15/h2-9H,1H3,(H,18,19)(H,20,21). The lowest BCUT2D eigenvalue weighted by molar-refractivity contribution is -0.112. The summed E-state index contributed by atoms with van der Waals surface area (Å²) in [5.74, 6) is -0.565. The minimum Gasteiger partial charge on any atom is -0.497 e. The molecular formula is C17H13NO4S. The summed E-state index contributed by atoms with van der Waals surface area (Å²) in [5.41, 5.74) is 1.51. The molecule has 6 heteroatoms. The maximum atomic E-state index is 12.2. The zero-order valence-corrected chi connectivity index (χ0v) is 13.0. The second kappa shape index (κ2) is 6.18. The minimum atomic E-state index is -1.02. The summed E-state index contributed by atoms with van der Waals surface area (Å²) in [6, 6.07) is 12.1. The third-order valence-corrected chi connectivity index (χ3v) is 4.41. The second-order valence-electron chi connectivity index (χ2n) is 4.86. The summed E-state index contributed by atoms with van der Waals surface area (Å²) in [7, 11) is 1.59. The summed E-state index contributed by atoms with van der Waals surface area (Å²) < 4.78 is 5.17. The zero-order chi connectivity index (χ0) is 16.4. The maximum absolute atomic E-state index is 12.2. The molecule has 5 nitrogen and oxygen atoms in total. The summed E-state index contributed by atoms with van der Waals surface area (Å²) in [6.07, 6.45) is 1.77. The number of hydrogen-bond donors (Lipinski definition) is 2. The van der Waals surface area contributed by atoms with Crippen LogP contribution in [0.3, 0.4) is 0 Å². The summed E-state index contributed by atoms with van der Waals surface area (Å²) in [5, 5.41) is 11.7. The molecule has 1 aliphatic rings. The normalized spacial score (nSPS) is 15.0. The van der Waals surface area contributed by atoms with E-state index in [0.29, 0.717) is 16.3 Å². The van der Waals surface area contributed by atoms with E-state index in [-0.39, 0.29) is 11.5 Å². The van der Waals surface area contributed by atoms with E-state index in [0.717, 1.165) is 10.5 Å². The number of carboxylic acids is 1. The van der Waals surface area contributed by atoms with E-state index in [1.54, 1.807) is 19.3 Å². The average molecular weight is 327 g/mol. The molecule has 0 spiro atoms. The number of methoxy groups -OCH3 is 1. The Bertz CT molecular complexity index is 829. The van der Waals surface area contributed by atoms with E-state index in [9.17, 15) is 9.59 Å². The lowest BCUT2D eigenvalue weighted by atomic mass is 10.2. The van der Waals surface area contributed by atoms with Crippen LogP contribution in [0, 0.1) is 0 Å². The van der Waals surface area contributed by atoms with Crippen LogP contribution in [0.2, 0.25) is 0 Å². The third-order valence-electron chi connectivity index (χ3n) is 3.31. The Morgan fingerprint density at radius 2 is 2.09 bits per heavy atom. The van der Waals surface area contributed by atoms with Crippen molar-refractivity contribution in [1.29, 1.82) is 0 Å². The molecule has 3 rings (SSSR count). The topological polar surface area (TPSA) is 75.6 Å². The first-order valence-electron chi connectivity index (χ1n) is 6.79. The Labute approximate surface area is 137 Å². The fourth-order valence-electron chi connectivity index (χ4n) is 2.18. The molecule has 1 amide bonds. The molecule has 23 heavy (non-hydrogen) atoms. The summed E-state index contributed by atoms with van der Waals surface area (Å²) in [4.78, 5) is 24.6. The molecule has 0 bridgehead atoms. The van der Waals surface area contributed by atoms with Crippen LogP contribution in [-0.4, -0.2) is 24.1 Å². The Hall–Kier alpha value is -2.73. The van der Waals surface area contributed by atoms with Gasteiger partial charge in [-0.15, -0.1) is 0 Å². The second-order valence-corrected chi connectivity index (χ2v) is 5.94. The first-order chi connectivity index (χ1) is 11.1. The highest BCUT2D eigenvalue weighted by molar-refractivity contribution is 8.04. The van der Waals surface area contributed by atoms with Crippen LogP contribution in [0.15, 0.2) is 52.3 Å². The zero-order valence-electron chi connectivity index (χ0n) is 12.2. The van der Waals surface area contributed by atoms with Crippen LogP contribution in [0.4, 0.5) is 5.69 Å². The number of ether oxygens (including phenoxy) is 1. The summed E-state index contributed by atoms with van der Waals surface area (Å²) >= 11 is 1.31. The Morgan fingerprint density at radius 3 is 2.83 bits per heavy atom. The van der Waals surface area contributed by atoms with Gasteiger partial charge in [-0.05, 0) is 42.0 Å². The number of thioether (sulfide) groups is 1. The number of aromatic carboxylic acids is 1. The van der Waals surface area contributed by atoms with E-state index in [2.05, 4.69) is 5.32 Å². The molecule has 2 aromatic rings. The van der Waals surface area contributed by atoms with Crippen molar-refractivity contribution in [3.8, 4) is 5.75 Å². The van der Waals surface area contributed by atoms with Crippen LogP contribution in [0.25, 0.3) is 6.08 Å². The predicted molar refractivity (Wildman–Crippen MR) is 88.9 cm³/mol. The Morgan fingerprint density at radius 1 is 1.26 bits per heavy atom. The van der Waals surface area contributed by atoms with Gasteiger partial charge in [0.2, 0.25) is 0 Å². The number of fused-ring (bicyclic) bond motifs is 1. The van der Waals surface area contributed by atoms with Gasteiger partial charge in [0.15, 0.2) is 0 Å². The van der Waals surface area contributed by atoms with E-state index in [4.69, 9.17) is 9.84 Å². The Kier molecular flexibility index (Phi) is 4.08. The molecule has 0 radical (unpaired) electrons. The number of carboxylic acid groups (broad SMARTS) is 1. The van der Waals surface area contributed by atoms with Gasteiger partial charge < -0.3 is 15.2 Å². The third kappa shape index (κ3) is 3.22. The highest BCUT2D eigenvalue weighted by Gasteiger charge is 2.22. The van der Waals surface area contributed by atoms with Crippen LogP contribution in [0.5, 0.6) is 5.75 Å². The quantitative estimate of drug-likeness (QED) is 0.844. The van der Waals surface area contributed by atoms with E-state index >= 15 is 0 Å². The molecule has 2 aromatic carbocycles. The van der Waals surface area contributed by atoms with Gasteiger partial charge in [0.05, 0.1) is 23.3 Å². The molecule has 0 saturated carbocycles. The number of carbonyl (C=O) groups is 2. The van der Waals surface area contributed by atoms with E-state index in [1.807, 2.05) is 24.3 Å². The van der Waals surface area contributed by atoms with Gasteiger partial charge in [0, 0.05) is 4.90 Å². The van der Waals surface area contributed by atoms with Crippen LogP contribution < -0.4 is 10.1 Å². The van der Waals surface area contributed by atoms with Crippen molar-refractivity contribution >= 4 is 35.4 Å². The number of anilines is 1. The molecule has 1 heterocycles. The number of benzene rings is 2. The van der Waals surface area contributed by atoms with Gasteiger partial charge in [-0.2, -0.15) is 0 Å². The number of rotatable bonds is 3. The van der Waals surface area contributed by atoms with Gasteiger partial charge in [0.1, 0.15) is 5.75 Å². The van der Waals surface area contributed by atoms with Gasteiger partial charge in [-0.25, -0.2) is 4.79 Å². The predicted octanol–water partition coefficient (Wildman–Crippen LogP) is 3.48. The fourth-order valence-corrected chi connectivity index (χ4v) is 3.11. The van der Waals surface area contributed by atoms with Crippen molar-refractivity contribution < 1.29 is 19.4 Å². The molecule has 0 saturated heterocycles. The van der Waals surface area contributed by atoms with Crippen molar-refractivity contribution in [2.75, 3.05) is 12.4 Å². The van der Waals surface area contributed by atoms with Gasteiger partial charge in [0.25, 0.3) is 5.91 Å². The average Bonchev–Trinajstić information content (AvgIpc) is 2.55. The van der Waals surface area contributed by atoms with Crippen molar-refractivity contribution in [2.24, 2.45) is 0 Å². The molecule has 0 fully saturated rings. The SMILES string of the molecule is COc1cccc(C=C2Sc3ccc(C(=O)O)cc3NC2=O)c1. The molecule has 0 aliphatic carbocycles. The maximum Gasteiger partial charge on any atom is 0.335 e. The van der Waals surface area contributed by atoms with Crippen LogP contribution >= 0.6 is 11.8 Å². The van der Waals surface area contributed by atoms with Crippen molar-refractivity contribution in [1.82, 2.24) is 0 Å². The largest absolute Gasteiger partial charge is 0.497 e. The smallest absolute Gasteiger partial charge is 0.335 e. The minimum absolute atomic E-state index is 0.143. The monoisotopic (exact) mass is 327 g/mol. The molecule has 0 atom stereocenters. The Balaban J connectivity index is 1.93. The number of nitrogens with one attached hydrogen (secondary N) is 1. The van der Waals surface area contributed by atoms with Gasteiger partial charge in [-0.1, -0.05) is 23.9 Å². The van der Waals surface area contributed by atoms with E-state index in [1.165, 1.54) is 23.9 Å². The van der Waals surface area contributed by atoms with E-state index < -0.39 is 5.97 Å². The van der Waals surface area contributed by atoms with Crippen molar-refractivity contribution in [3.63, 3.8) is 0 Å². The molecule has 0 unspecified atom stereocenters. The fraction of sp³-hybridized carbons (Fsp3) is 0.0588. The van der Waals surface area contributed by atoms with Crippen molar-refractivity contribution in [2.45, 2.75) is 4.90 Å². The number of carbonyl (C=O) groups excluding carboxylic acids is 1. The number of amides is 1. The van der Waals surface area contributed by atoms with Crippen molar-refractivity contribution in [3.05, 3.63) is 58.5 Å².